The van der Waals surface area contributed by atoms with Crippen LogP contribution in [0.4, 0.5) is 4.39 Å². The fourth-order valence-electron chi connectivity index (χ4n) is 2.87. The number of hydrogen-bond donors (Lipinski definition) is 1. The van der Waals surface area contributed by atoms with Gasteiger partial charge in [-0.1, -0.05) is 54.2 Å². The van der Waals surface area contributed by atoms with Crippen molar-refractivity contribution in [2.24, 2.45) is 5.10 Å². The van der Waals surface area contributed by atoms with E-state index in [4.69, 9.17) is 0 Å². The lowest BCUT2D eigenvalue weighted by Gasteiger charge is -2.13. The molecule has 1 aliphatic rings. The maximum Gasteiger partial charge on any atom is 0.212 e. The monoisotopic (exact) mass is 376 g/mol. The summed E-state index contributed by atoms with van der Waals surface area (Å²) in [6.07, 6.45) is 0. The second kappa shape index (κ2) is 6.48. The molecule has 8 heteroatoms. The van der Waals surface area contributed by atoms with Gasteiger partial charge in [0.05, 0.1) is 11.4 Å². The topological polar surface area (TPSA) is 71.8 Å². The number of benzene rings is 2. The van der Waals surface area contributed by atoms with E-state index in [1.807, 2.05) is 36.4 Å². The SMILES string of the molecule is Fc1ccc(C2=Nn3c(nnc3-c3cc(-c4ccccc4)n[nH]3)SC2)cc1. The summed E-state index contributed by atoms with van der Waals surface area (Å²) < 4.78 is 14.9. The van der Waals surface area contributed by atoms with Crippen LogP contribution in [0.5, 0.6) is 0 Å². The average molecular weight is 376 g/mol. The van der Waals surface area contributed by atoms with E-state index in [0.717, 1.165) is 28.2 Å². The van der Waals surface area contributed by atoms with Gasteiger partial charge in [0.25, 0.3) is 0 Å². The van der Waals surface area contributed by atoms with Crippen LogP contribution in [-0.4, -0.2) is 36.5 Å². The summed E-state index contributed by atoms with van der Waals surface area (Å²) in [5, 5.41) is 21.3. The molecule has 132 valence electrons. The Balaban J connectivity index is 1.53. The Kier molecular flexibility index (Phi) is 3.83. The molecule has 0 spiro atoms. The molecule has 0 radical (unpaired) electrons. The predicted octanol–water partition coefficient (Wildman–Crippen LogP) is 3.83. The molecule has 0 bridgehead atoms. The molecule has 0 saturated heterocycles. The van der Waals surface area contributed by atoms with Crippen LogP contribution < -0.4 is 0 Å². The lowest BCUT2D eigenvalue weighted by atomic mass is 10.1. The molecule has 0 amide bonds. The fourth-order valence-corrected chi connectivity index (χ4v) is 3.71. The number of aromatic amines is 1. The van der Waals surface area contributed by atoms with Gasteiger partial charge in [0.2, 0.25) is 11.0 Å². The van der Waals surface area contributed by atoms with E-state index >= 15 is 0 Å². The van der Waals surface area contributed by atoms with Gasteiger partial charge in [-0.05, 0) is 23.8 Å². The maximum atomic E-state index is 13.2. The van der Waals surface area contributed by atoms with Crippen LogP contribution in [-0.2, 0) is 0 Å². The van der Waals surface area contributed by atoms with Crippen molar-refractivity contribution in [1.29, 1.82) is 0 Å². The first kappa shape index (κ1) is 16.0. The van der Waals surface area contributed by atoms with Gasteiger partial charge in [0, 0.05) is 11.3 Å². The van der Waals surface area contributed by atoms with E-state index in [9.17, 15) is 4.39 Å². The summed E-state index contributed by atoms with van der Waals surface area (Å²) in [6.45, 7) is 0. The van der Waals surface area contributed by atoms with Crippen LogP contribution in [0.2, 0.25) is 0 Å². The first-order chi connectivity index (χ1) is 13.3. The Labute approximate surface area is 158 Å². The third-order valence-electron chi connectivity index (χ3n) is 4.24. The van der Waals surface area contributed by atoms with E-state index in [2.05, 4.69) is 25.5 Å². The van der Waals surface area contributed by atoms with Gasteiger partial charge < -0.3 is 0 Å². The number of rotatable bonds is 3. The normalized spacial score (nSPS) is 13.3. The molecule has 0 saturated carbocycles. The minimum Gasteiger partial charge on any atom is -0.274 e. The highest BCUT2D eigenvalue weighted by Crippen LogP contribution is 2.29. The maximum absolute atomic E-state index is 13.2. The Hall–Kier alpha value is -3.26. The lowest BCUT2D eigenvalue weighted by molar-refractivity contribution is 0.627. The number of fused-ring (bicyclic) bond motifs is 1. The third-order valence-corrected chi connectivity index (χ3v) is 5.17. The third kappa shape index (κ3) is 2.93. The van der Waals surface area contributed by atoms with Gasteiger partial charge in [-0.2, -0.15) is 14.9 Å². The molecule has 1 aliphatic heterocycles. The largest absolute Gasteiger partial charge is 0.274 e. The lowest BCUT2D eigenvalue weighted by Crippen LogP contribution is -2.13. The van der Waals surface area contributed by atoms with Crippen LogP contribution in [0.25, 0.3) is 22.8 Å². The van der Waals surface area contributed by atoms with E-state index in [-0.39, 0.29) is 5.82 Å². The molecule has 2 aromatic carbocycles. The zero-order chi connectivity index (χ0) is 18.2. The molecular formula is C19H13FN6S. The molecule has 5 rings (SSSR count). The van der Waals surface area contributed by atoms with Crippen molar-refractivity contribution >= 4 is 17.5 Å². The van der Waals surface area contributed by atoms with Gasteiger partial charge in [0.15, 0.2) is 0 Å². The molecule has 4 aromatic rings. The summed E-state index contributed by atoms with van der Waals surface area (Å²) in [4.78, 5) is 0. The summed E-state index contributed by atoms with van der Waals surface area (Å²) >= 11 is 1.55. The van der Waals surface area contributed by atoms with Crippen molar-refractivity contribution in [3.05, 3.63) is 72.0 Å². The molecule has 0 fully saturated rings. The number of H-pyrrole nitrogens is 1. The molecule has 1 N–H and O–H groups in total. The Morgan fingerprint density at radius 1 is 0.963 bits per heavy atom. The van der Waals surface area contributed by atoms with Gasteiger partial charge in [-0.15, -0.1) is 10.2 Å². The Morgan fingerprint density at radius 2 is 1.78 bits per heavy atom. The molecule has 27 heavy (non-hydrogen) atoms. The van der Waals surface area contributed by atoms with Crippen molar-refractivity contribution in [2.45, 2.75) is 5.16 Å². The van der Waals surface area contributed by atoms with Crippen LogP contribution in [0, 0.1) is 5.82 Å². The summed E-state index contributed by atoms with van der Waals surface area (Å²) in [7, 11) is 0. The van der Waals surface area contributed by atoms with E-state index < -0.39 is 0 Å². The van der Waals surface area contributed by atoms with Crippen molar-refractivity contribution < 1.29 is 4.39 Å². The standard InChI is InChI=1S/C19H13FN6S/c20-14-8-6-13(7-9-14)17-11-27-19-24-23-18(26(19)25-17)16-10-15(21-22-16)12-4-2-1-3-5-12/h1-10H,11H2,(H,21,22). The predicted molar refractivity (Wildman–Crippen MR) is 102 cm³/mol. The first-order valence-corrected chi connectivity index (χ1v) is 9.30. The molecule has 0 aliphatic carbocycles. The highest BCUT2D eigenvalue weighted by molar-refractivity contribution is 7.99. The molecule has 0 unspecified atom stereocenters. The zero-order valence-electron chi connectivity index (χ0n) is 14.0. The molecule has 6 nitrogen and oxygen atoms in total. The Bertz CT molecular complexity index is 1130. The van der Waals surface area contributed by atoms with E-state index in [1.165, 1.54) is 12.1 Å². The first-order valence-electron chi connectivity index (χ1n) is 8.31. The average Bonchev–Trinajstić information content (AvgIpc) is 3.36. The van der Waals surface area contributed by atoms with Crippen molar-refractivity contribution in [2.75, 3.05) is 5.75 Å². The van der Waals surface area contributed by atoms with Crippen LogP contribution in [0.1, 0.15) is 5.56 Å². The van der Waals surface area contributed by atoms with Crippen molar-refractivity contribution in [3.63, 3.8) is 0 Å². The zero-order valence-corrected chi connectivity index (χ0v) is 14.8. The number of halogens is 1. The molecular weight excluding hydrogens is 363 g/mol. The fraction of sp³-hybridized carbons (Fsp3) is 0.0526. The number of aromatic nitrogens is 5. The van der Waals surface area contributed by atoms with Crippen molar-refractivity contribution in [3.8, 4) is 22.8 Å². The van der Waals surface area contributed by atoms with Crippen LogP contribution >= 0.6 is 11.8 Å². The van der Waals surface area contributed by atoms with E-state index in [1.54, 1.807) is 28.6 Å². The van der Waals surface area contributed by atoms with Gasteiger partial charge in [-0.25, -0.2) is 4.39 Å². The van der Waals surface area contributed by atoms with Crippen molar-refractivity contribution in [1.82, 2.24) is 25.1 Å². The molecule has 2 aromatic heterocycles. The number of nitrogens with one attached hydrogen (secondary N) is 1. The minimum absolute atomic E-state index is 0.264. The number of nitrogens with zero attached hydrogens (tertiary/aromatic N) is 5. The highest BCUT2D eigenvalue weighted by atomic mass is 32.2. The number of thioether (sulfide) groups is 1. The van der Waals surface area contributed by atoms with Gasteiger partial charge in [0.1, 0.15) is 11.5 Å². The summed E-state index contributed by atoms with van der Waals surface area (Å²) in [5.41, 5.74) is 4.30. The second-order valence-electron chi connectivity index (χ2n) is 5.99. The van der Waals surface area contributed by atoms with Gasteiger partial charge >= 0.3 is 0 Å². The minimum atomic E-state index is -0.264. The quantitative estimate of drug-likeness (QED) is 0.590. The summed E-state index contributed by atoms with van der Waals surface area (Å²) in [6, 6.07) is 18.2. The van der Waals surface area contributed by atoms with Crippen LogP contribution in [0.3, 0.4) is 0 Å². The van der Waals surface area contributed by atoms with Crippen LogP contribution in [0.15, 0.2) is 70.9 Å². The molecule has 3 heterocycles. The summed E-state index contributed by atoms with van der Waals surface area (Å²) in [5.74, 6) is 0.980. The number of hydrogen-bond acceptors (Lipinski definition) is 5. The van der Waals surface area contributed by atoms with Gasteiger partial charge in [-0.3, -0.25) is 5.10 Å². The molecule has 0 atom stereocenters. The second-order valence-corrected chi connectivity index (χ2v) is 6.94. The smallest absolute Gasteiger partial charge is 0.212 e. The highest BCUT2D eigenvalue weighted by Gasteiger charge is 2.22. The Morgan fingerprint density at radius 3 is 2.59 bits per heavy atom. The van der Waals surface area contributed by atoms with E-state index in [0.29, 0.717) is 16.7 Å².